The molecule has 1 fully saturated rings. The van der Waals surface area contributed by atoms with E-state index in [-0.39, 0.29) is 19.4 Å². The maximum absolute atomic E-state index is 13.4. The van der Waals surface area contributed by atoms with Crippen molar-refractivity contribution in [1.82, 2.24) is 5.32 Å². The quantitative estimate of drug-likeness (QED) is 0.0195. The molecule has 6 N–H and O–H groups in total. The van der Waals surface area contributed by atoms with Gasteiger partial charge in [0, 0.05) is 6.42 Å². The summed E-state index contributed by atoms with van der Waals surface area (Å²) in [5, 5.41) is 56.9. The number of rotatable bonds is 51. The highest BCUT2D eigenvalue weighted by molar-refractivity contribution is 5.80. The summed E-state index contributed by atoms with van der Waals surface area (Å²) in [7, 11) is 0. The zero-order valence-corrected chi connectivity index (χ0v) is 49.2. The lowest BCUT2D eigenvalue weighted by Crippen LogP contribution is -2.61. The van der Waals surface area contributed by atoms with E-state index in [0.717, 1.165) is 128 Å². The Morgan fingerprint density at radius 3 is 1.38 bits per heavy atom. The minimum Gasteiger partial charge on any atom is -0.454 e. The second-order valence-corrected chi connectivity index (χ2v) is 21.0. The van der Waals surface area contributed by atoms with Gasteiger partial charge in [-0.2, -0.15) is 0 Å². The molecule has 1 aliphatic heterocycles. The summed E-state index contributed by atoms with van der Waals surface area (Å²) in [5.41, 5.74) is 0. The van der Waals surface area contributed by atoms with Crippen LogP contribution in [0.5, 0.6) is 0 Å². The number of ether oxygens (including phenoxy) is 3. The lowest BCUT2D eigenvalue weighted by Gasteiger charge is -2.41. The molecular formula is C67H113NO10. The molecule has 1 rings (SSSR count). The van der Waals surface area contributed by atoms with Crippen molar-refractivity contribution in [2.24, 2.45) is 0 Å². The Morgan fingerprint density at radius 1 is 0.513 bits per heavy atom. The number of aliphatic hydroxyl groups is 5. The van der Waals surface area contributed by atoms with Crippen LogP contribution in [0.25, 0.3) is 0 Å². The van der Waals surface area contributed by atoms with Gasteiger partial charge < -0.3 is 45.1 Å². The molecule has 0 spiro atoms. The van der Waals surface area contributed by atoms with E-state index in [0.29, 0.717) is 12.8 Å². The van der Waals surface area contributed by atoms with E-state index in [2.05, 4.69) is 123 Å². The van der Waals surface area contributed by atoms with Gasteiger partial charge in [-0.1, -0.05) is 239 Å². The number of carbonyl (C=O) groups excluding carboxylic acids is 2. The van der Waals surface area contributed by atoms with Crippen LogP contribution in [0.15, 0.2) is 109 Å². The van der Waals surface area contributed by atoms with Gasteiger partial charge in [-0.25, -0.2) is 0 Å². The van der Waals surface area contributed by atoms with Gasteiger partial charge in [0.2, 0.25) is 5.91 Å². The largest absolute Gasteiger partial charge is 0.454 e. The number of allylic oxidation sites excluding steroid dienone is 17. The molecule has 1 aliphatic rings. The normalized spacial score (nSPS) is 19.7. The maximum Gasteiger partial charge on any atom is 0.306 e. The molecule has 1 amide bonds. The van der Waals surface area contributed by atoms with Crippen molar-refractivity contribution in [3.05, 3.63) is 109 Å². The number of esters is 1. The molecule has 0 aliphatic carbocycles. The standard InChI is InChI=1S/C67H113NO10/c1-4-7-10-13-16-19-22-24-25-26-27-28-29-30-31-32-33-34-35-37-40-43-46-49-52-55-62(72)78-65-64(74)63(73)61(56-69)77-67(65)76-57-58(59(70)53-50-47-44-41-38-21-18-15-12-9-6-3)68-66(75)60(71)54-51-48-45-42-39-36-23-20-17-14-11-8-5-2/h7-8,10-11,16-17,19-20,24-25,27-28,30-31,36,39,50,53,58-61,63-65,67,69-71,73-74H,4-6,9,12-15,18,21-23,26,29,32-35,37-38,40-49,51-52,54-57H2,1-3H3,(H,68,75)/b10-7-,11-8+,19-16-,20-17+,25-24-,28-27-,31-30-,39-36+,53-50+. The molecule has 8 atom stereocenters. The fourth-order valence-electron chi connectivity index (χ4n) is 9.04. The minimum atomic E-state index is -1.63. The summed E-state index contributed by atoms with van der Waals surface area (Å²) in [5.74, 6) is -1.23. The predicted octanol–water partition coefficient (Wildman–Crippen LogP) is 14.9. The van der Waals surface area contributed by atoms with Gasteiger partial charge in [0.15, 0.2) is 12.4 Å². The smallest absolute Gasteiger partial charge is 0.306 e. The molecule has 0 aromatic carbocycles. The molecule has 0 aromatic rings. The summed E-state index contributed by atoms with van der Waals surface area (Å²) >= 11 is 0. The van der Waals surface area contributed by atoms with Crippen molar-refractivity contribution in [3.63, 3.8) is 0 Å². The molecule has 446 valence electrons. The summed E-state index contributed by atoms with van der Waals surface area (Å²) in [6, 6.07) is -1.04. The molecule has 0 saturated carbocycles. The Hall–Kier alpha value is -3.68. The number of nitrogens with one attached hydrogen (secondary N) is 1. The van der Waals surface area contributed by atoms with E-state index in [9.17, 15) is 35.1 Å². The van der Waals surface area contributed by atoms with E-state index in [1.165, 1.54) is 64.2 Å². The van der Waals surface area contributed by atoms with Crippen LogP contribution in [0.1, 0.15) is 239 Å². The lowest BCUT2D eigenvalue weighted by molar-refractivity contribution is -0.305. The topological polar surface area (TPSA) is 175 Å². The molecule has 0 aromatic heterocycles. The van der Waals surface area contributed by atoms with E-state index < -0.39 is 67.4 Å². The van der Waals surface area contributed by atoms with Crippen LogP contribution >= 0.6 is 0 Å². The fraction of sp³-hybridized carbons (Fsp3) is 0.701. The minimum absolute atomic E-state index is 0.107. The van der Waals surface area contributed by atoms with Gasteiger partial charge in [0.1, 0.15) is 24.4 Å². The summed E-state index contributed by atoms with van der Waals surface area (Å²) in [6.45, 7) is 5.52. The van der Waals surface area contributed by atoms with Crippen LogP contribution in [0.4, 0.5) is 0 Å². The summed E-state index contributed by atoms with van der Waals surface area (Å²) in [4.78, 5) is 26.5. The second kappa shape index (κ2) is 53.9. The number of amides is 1. The first kappa shape index (κ1) is 72.3. The van der Waals surface area contributed by atoms with E-state index in [4.69, 9.17) is 14.2 Å². The van der Waals surface area contributed by atoms with Crippen LogP contribution in [0, 0.1) is 0 Å². The van der Waals surface area contributed by atoms with Crippen LogP contribution < -0.4 is 5.32 Å². The molecule has 0 bridgehead atoms. The zero-order valence-electron chi connectivity index (χ0n) is 49.2. The third-order valence-corrected chi connectivity index (χ3v) is 13.9. The van der Waals surface area contributed by atoms with Crippen LogP contribution in [-0.2, 0) is 23.8 Å². The average molecular weight is 1090 g/mol. The number of unbranched alkanes of at least 4 members (excludes halogenated alkanes) is 21. The summed E-state index contributed by atoms with van der Waals surface area (Å²) in [6.07, 6.45) is 62.8. The Balaban J connectivity index is 2.62. The first-order valence-electron chi connectivity index (χ1n) is 31.2. The van der Waals surface area contributed by atoms with E-state index >= 15 is 0 Å². The monoisotopic (exact) mass is 1090 g/mol. The van der Waals surface area contributed by atoms with Crippen molar-refractivity contribution in [2.75, 3.05) is 13.2 Å². The molecule has 8 unspecified atom stereocenters. The van der Waals surface area contributed by atoms with Crippen molar-refractivity contribution < 1.29 is 49.3 Å². The average Bonchev–Trinajstić information content (AvgIpc) is 3.44. The van der Waals surface area contributed by atoms with Crippen molar-refractivity contribution >= 4 is 11.9 Å². The number of hydrogen-bond acceptors (Lipinski definition) is 10. The molecule has 1 heterocycles. The Labute approximate surface area is 475 Å². The lowest BCUT2D eigenvalue weighted by atomic mass is 9.99. The Morgan fingerprint density at radius 2 is 0.923 bits per heavy atom. The molecule has 11 nitrogen and oxygen atoms in total. The highest BCUT2D eigenvalue weighted by Gasteiger charge is 2.47. The number of carbonyl (C=O) groups is 2. The van der Waals surface area contributed by atoms with Crippen molar-refractivity contribution in [1.29, 1.82) is 0 Å². The van der Waals surface area contributed by atoms with Crippen LogP contribution in [-0.4, -0.2) is 99.6 Å². The predicted molar refractivity (Wildman–Crippen MR) is 324 cm³/mol. The Bertz CT molecular complexity index is 1680. The molecule has 0 radical (unpaired) electrons. The third-order valence-electron chi connectivity index (χ3n) is 13.9. The summed E-state index contributed by atoms with van der Waals surface area (Å²) < 4.78 is 17.6. The molecule has 1 saturated heterocycles. The first-order valence-corrected chi connectivity index (χ1v) is 31.2. The van der Waals surface area contributed by atoms with Crippen LogP contribution in [0.2, 0.25) is 0 Å². The van der Waals surface area contributed by atoms with Gasteiger partial charge in [-0.15, -0.1) is 0 Å². The zero-order chi connectivity index (χ0) is 56.8. The molecule has 78 heavy (non-hydrogen) atoms. The number of hydrogen-bond donors (Lipinski definition) is 6. The highest BCUT2D eigenvalue weighted by atomic mass is 16.7. The van der Waals surface area contributed by atoms with Crippen molar-refractivity contribution in [3.8, 4) is 0 Å². The van der Waals surface area contributed by atoms with Crippen molar-refractivity contribution in [2.45, 2.75) is 288 Å². The van der Waals surface area contributed by atoms with Gasteiger partial charge in [0.05, 0.1) is 25.4 Å². The fourth-order valence-corrected chi connectivity index (χ4v) is 9.04. The highest BCUT2D eigenvalue weighted by Crippen LogP contribution is 2.26. The SMILES string of the molecule is CC/C=C\C/C=C\C/C=C\C/C=C\C/C=C\CCCCCCCCCCCC(=O)OC1C(OCC(NC(=O)C(O)CCCCC/C=C/C/C=C/C/C=C/CC)C(O)/C=C/CCCCCCCCCCC)OC(CO)C(O)C1O. The second-order valence-electron chi connectivity index (χ2n) is 21.0. The Kier molecular flexibility index (Phi) is 50.0. The van der Waals surface area contributed by atoms with Gasteiger partial charge in [-0.3, -0.25) is 9.59 Å². The van der Waals surface area contributed by atoms with Gasteiger partial charge >= 0.3 is 5.97 Å². The third kappa shape index (κ3) is 41.3. The first-order chi connectivity index (χ1) is 38.2. The molecular weight excluding hydrogens is 979 g/mol. The molecule has 11 heteroatoms. The maximum atomic E-state index is 13.4. The van der Waals surface area contributed by atoms with E-state index in [1.807, 2.05) is 6.08 Å². The van der Waals surface area contributed by atoms with Gasteiger partial charge in [0.25, 0.3) is 0 Å². The van der Waals surface area contributed by atoms with Crippen LogP contribution in [0.3, 0.4) is 0 Å². The van der Waals surface area contributed by atoms with E-state index in [1.54, 1.807) is 6.08 Å². The number of aliphatic hydroxyl groups excluding tert-OH is 5. The van der Waals surface area contributed by atoms with Gasteiger partial charge in [-0.05, 0) is 103 Å².